The summed E-state index contributed by atoms with van der Waals surface area (Å²) in [6, 6.07) is 11.3. The van der Waals surface area contributed by atoms with Crippen LogP contribution < -0.4 is 14.3 Å². The number of hydrogen-bond acceptors (Lipinski definition) is 8. The van der Waals surface area contributed by atoms with Crippen molar-refractivity contribution >= 4 is 43.3 Å². The second kappa shape index (κ2) is 9.13. The second-order valence-corrected chi connectivity index (χ2v) is 9.84. The number of rotatable bonds is 7. The van der Waals surface area contributed by atoms with Gasteiger partial charge in [0, 0.05) is 18.7 Å². The van der Waals surface area contributed by atoms with Crippen LogP contribution in [0.1, 0.15) is 13.3 Å². The molecule has 1 aliphatic heterocycles. The molecule has 3 aromatic rings. The van der Waals surface area contributed by atoms with Crippen LogP contribution >= 0.6 is 11.3 Å². The molecule has 1 aromatic heterocycles. The number of ether oxygens (including phenoxy) is 3. The zero-order chi connectivity index (χ0) is 22.7. The fourth-order valence-corrected chi connectivity index (χ4v) is 5.42. The van der Waals surface area contributed by atoms with E-state index in [0.717, 1.165) is 4.70 Å². The molecule has 0 bridgehead atoms. The number of carbonyl (C=O) groups is 2. The molecule has 1 aliphatic rings. The van der Waals surface area contributed by atoms with E-state index in [2.05, 4.69) is 4.99 Å². The van der Waals surface area contributed by atoms with Gasteiger partial charge in [0.15, 0.2) is 26.1 Å². The van der Waals surface area contributed by atoms with Crippen molar-refractivity contribution in [3.63, 3.8) is 0 Å². The maximum absolute atomic E-state index is 12.6. The van der Waals surface area contributed by atoms with Crippen LogP contribution in [0.5, 0.6) is 11.5 Å². The highest BCUT2D eigenvalue weighted by molar-refractivity contribution is 7.92. The largest absolute Gasteiger partial charge is 0.466 e. The van der Waals surface area contributed by atoms with E-state index < -0.39 is 21.5 Å². The Balaban J connectivity index is 1.70. The van der Waals surface area contributed by atoms with Gasteiger partial charge in [0.2, 0.25) is 6.79 Å². The summed E-state index contributed by atoms with van der Waals surface area (Å²) in [5, 5.41) is 0. The number of sulfone groups is 1. The molecular weight excluding hydrogens is 456 g/mol. The first-order valence-electron chi connectivity index (χ1n) is 9.81. The monoisotopic (exact) mass is 476 g/mol. The van der Waals surface area contributed by atoms with Crippen LogP contribution in [0.15, 0.2) is 52.4 Å². The fourth-order valence-electron chi connectivity index (χ4n) is 3.21. The van der Waals surface area contributed by atoms with Gasteiger partial charge in [-0.25, -0.2) is 8.42 Å². The Hall–Kier alpha value is -3.18. The predicted octanol–water partition coefficient (Wildman–Crippen LogP) is 2.29. The van der Waals surface area contributed by atoms with Crippen LogP contribution in [0.4, 0.5) is 0 Å². The van der Waals surface area contributed by atoms with Gasteiger partial charge in [-0.2, -0.15) is 4.99 Å². The van der Waals surface area contributed by atoms with Crippen molar-refractivity contribution < 1.29 is 32.2 Å². The van der Waals surface area contributed by atoms with E-state index in [4.69, 9.17) is 14.2 Å². The summed E-state index contributed by atoms with van der Waals surface area (Å²) in [4.78, 5) is 28.9. The lowest BCUT2D eigenvalue weighted by atomic mass is 10.3. The number of esters is 1. The minimum Gasteiger partial charge on any atom is -0.466 e. The molecule has 11 heteroatoms. The highest BCUT2D eigenvalue weighted by atomic mass is 32.2. The molecule has 0 saturated heterocycles. The molecule has 0 saturated carbocycles. The molecule has 2 heterocycles. The van der Waals surface area contributed by atoms with Gasteiger partial charge in [-0.15, -0.1) is 0 Å². The smallest absolute Gasteiger partial charge is 0.307 e. The van der Waals surface area contributed by atoms with E-state index in [0.29, 0.717) is 17.0 Å². The normalized spacial score (nSPS) is 13.5. The zero-order valence-corrected chi connectivity index (χ0v) is 18.8. The molecule has 4 rings (SSSR count). The lowest BCUT2D eigenvalue weighted by Crippen LogP contribution is -2.22. The standard InChI is InChI=1S/C21H20N2O7S2/c1-2-28-20(25)8-9-23-15-10-16-17(30-13-29-16)11-18(15)31-21(23)22-19(24)12-32(26,27)14-6-4-3-5-7-14/h3-7,10-11H,2,8-9,12-13H2,1H3. The third kappa shape index (κ3) is 4.68. The summed E-state index contributed by atoms with van der Waals surface area (Å²) in [6.45, 7) is 2.30. The number of aromatic nitrogens is 1. The summed E-state index contributed by atoms with van der Waals surface area (Å²) in [7, 11) is -3.83. The molecule has 0 N–H and O–H groups in total. The quantitative estimate of drug-likeness (QED) is 0.481. The van der Waals surface area contributed by atoms with Crippen molar-refractivity contribution in [1.82, 2.24) is 4.57 Å². The summed E-state index contributed by atoms with van der Waals surface area (Å²) in [5.74, 6) is -0.828. The molecule has 168 valence electrons. The van der Waals surface area contributed by atoms with Crippen molar-refractivity contribution in [3.8, 4) is 11.5 Å². The number of aryl methyl sites for hydroxylation is 1. The molecular formula is C21H20N2O7S2. The minimum atomic E-state index is -3.83. The molecule has 0 fully saturated rings. The Kier molecular flexibility index (Phi) is 6.28. The number of hydrogen-bond donors (Lipinski definition) is 0. The van der Waals surface area contributed by atoms with Crippen LogP contribution in [0.25, 0.3) is 10.2 Å². The summed E-state index contributed by atoms with van der Waals surface area (Å²) in [6.07, 6.45) is 0.0673. The highest BCUT2D eigenvalue weighted by Crippen LogP contribution is 2.37. The van der Waals surface area contributed by atoms with Crippen LogP contribution in [0, 0.1) is 0 Å². The molecule has 9 nitrogen and oxygen atoms in total. The van der Waals surface area contributed by atoms with Gasteiger partial charge in [0.25, 0.3) is 5.91 Å². The SMILES string of the molecule is CCOC(=O)CCn1c(=NC(=O)CS(=O)(=O)c2ccccc2)sc2cc3c(cc21)OCO3. The van der Waals surface area contributed by atoms with E-state index in [1.807, 2.05) is 0 Å². The summed E-state index contributed by atoms with van der Waals surface area (Å²) >= 11 is 1.20. The highest BCUT2D eigenvalue weighted by Gasteiger charge is 2.21. The van der Waals surface area contributed by atoms with E-state index in [9.17, 15) is 18.0 Å². The Morgan fingerprint density at radius 3 is 2.59 bits per heavy atom. The van der Waals surface area contributed by atoms with Gasteiger partial charge in [0.1, 0.15) is 5.75 Å². The van der Waals surface area contributed by atoms with E-state index >= 15 is 0 Å². The zero-order valence-electron chi connectivity index (χ0n) is 17.1. The van der Waals surface area contributed by atoms with Crippen LogP contribution in [-0.4, -0.2) is 44.0 Å². The van der Waals surface area contributed by atoms with Crippen LogP contribution in [0.3, 0.4) is 0 Å². The van der Waals surface area contributed by atoms with Gasteiger partial charge in [-0.05, 0) is 19.1 Å². The Morgan fingerprint density at radius 2 is 1.88 bits per heavy atom. The molecule has 0 atom stereocenters. The number of benzene rings is 2. The van der Waals surface area contributed by atoms with E-state index in [1.165, 1.54) is 23.5 Å². The minimum absolute atomic E-state index is 0.0563. The number of thiazole rings is 1. The molecule has 32 heavy (non-hydrogen) atoms. The van der Waals surface area contributed by atoms with Crippen molar-refractivity contribution in [2.45, 2.75) is 24.8 Å². The third-order valence-electron chi connectivity index (χ3n) is 4.66. The second-order valence-electron chi connectivity index (χ2n) is 6.84. The first kappa shape index (κ1) is 22.0. The third-order valence-corrected chi connectivity index (χ3v) is 7.32. The topological polar surface area (TPSA) is 113 Å². The number of amides is 1. The first-order valence-corrected chi connectivity index (χ1v) is 12.3. The molecule has 2 aromatic carbocycles. The first-order chi connectivity index (χ1) is 15.4. The van der Waals surface area contributed by atoms with Gasteiger partial charge in [-0.3, -0.25) is 9.59 Å². The number of carbonyl (C=O) groups excluding carboxylic acids is 2. The summed E-state index contributed by atoms with van der Waals surface area (Å²) in [5.41, 5.74) is 0.695. The van der Waals surface area contributed by atoms with Gasteiger partial charge < -0.3 is 18.8 Å². The van der Waals surface area contributed by atoms with Crippen LogP contribution in [0.2, 0.25) is 0 Å². The van der Waals surface area contributed by atoms with Gasteiger partial charge in [0.05, 0.1) is 28.1 Å². The van der Waals surface area contributed by atoms with E-state index in [-0.39, 0.29) is 42.0 Å². The summed E-state index contributed by atoms with van der Waals surface area (Å²) < 4.78 is 43.3. The number of nitrogens with zero attached hydrogens (tertiary/aromatic N) is 2. The Morgan fingerprint density at radius 1 is 1.16 bits per heavy atom. The molecule has 0 spiro atoms. The maximum atomic E-state index is 12.6. The lowest BCUT2D eigenvalue weighted by molar-refractivity contribution is -0.143. The average molecular weight is 477 g/mol. The van der Waals surface area contributed by atoms with Crippen LogP contribution in [-0.2, 0) is 30.7 Å². The van der Waals surface area contributed by atoms with E-state index in [1.54, 1.807) is 41.8 Å². The Labute approximate surface area is 187 Å². The number of fused-ring (bicyclic) bond motifs is 2. The van der Waals surface area contributed by atoms with Crippen molar-refractivity contribution in [1.29, 1.82) is 0 Å². The van der Waals surface area contributed by atoms with Gasteiger partial charge in [-0.1, -0.05) is 29.5 Å². The lowest BCUT2D eigenvalue weighted by Gasteiger charge is -2.06. The van der Waals surface area contributed by atoms with Crippen molar-refractivity contribution in [2.24, 2.45) is 4.99 Å². The van der Waals surface area contributed by atoms with Crippen molar-refractivity contribution in [2.75, 3.05) is 19.2 Å². The average Bonchev–Trinajstić information content (AvgIpc) is 3.34. The maximum Gasteiger partial charge on any atom is 0.307 e. The predicted molar refractivity (Wildman–Crippen MR) is 116 cm³/mol. The fraction of sp³-hybridized carbons (Fsp3) is 0.286. The molecule has 0 radical (unpaired) electrons. The van der Waals surface area contributed by atoms with Crippen molar-refractivity contribution in [3.05, 3.63) is 47.3 Å². The van der Waals surface area contributed by atoms with Gasteiger partial charge >= 0.3 is 5.97 Å². The Bertz CT molecular complexity index is 1340. The molecule has 0 unspecified atom stereocenters. The molecule has 1 amide bonds. The molecule has 0 aliphatic carbocycles.